The predicted molar refractivity (Wildman–Crippen MR) is 150 cm³/mol. The minimum atomic E-state index is -0.264. The Morgan fingerprint density at radius 2 is 1.82 bits per heavy atom. The molecule has 2 unspecified atom stereocenters. The van der Waals surface area contributed by atoms with E-state index in [2.05, 4.69) is 63.2 Å². The molecule has 0 aliphatic carbocycles. The maximum absolute atomic E-state index is 13.2. The summed E-state index contributed by atoms with van der Waals surface area (Å²) >= 11 is 0. The minimum Gasteiger partial charge on any atom is -0.368 e. The van der Waals surface area contributed by atoms with Gasteiger partial charge in [-0.2, -0.15) is 4.98 Å². The molecule has 2 atom stereocenters. The summed E-state index contributed by atoms with van der Waals surface area (Å²) in [7, 11) is 0. The molecule has 0 radical (unpaired) electrons. The molecule has 1 saturated heterocycles. The first-order valence-corrected chi connectivity index (χ1v) is 12.8. The predicted octanol–water partition coefficient (Wildman–Crippen LogP) is 2.84. The fourth-order valence-corrected chi connectivity index (χ4v) is 4.93. The number of fused-ring (bicyclic) bond motifs is 1. The largest absolute Gasteiger partial charge is 0.368 e. The fourth-order valence-electron chi connectivity index (χ4n) is 4.93. The van der Waals surface area contributed by atoms with Crippen LogP contribution in [0.15, 0.2) is 64.8 Å². The van der Waals surface area contributed by atoms with Crippen LogP contribution in [0.2, 0.25) is 0 Å². The lowest BCUT2D eigenvalue weighted by atomic mass is 10.1. The lowest BCUT2D eigenvalue weighted by molar-refractivity contribution is 0.407. The average Bonchev–Trinajstić information content (AvgIpc) is 3.15. The zero-order chi connectivity index (χ0) is 27.0. The molecule has 11 heteroatoms. The average molecular weight is 516 g/mol. The zero-order valence-electron chi connectivity index (χ0n) is 22.1. The number of benzene rings is 1. The molecule has 2 N–H and O–H groups in total. The summed E-state index contributed by atoms with van der Waals surface area (Å²) in [4.78, 5) is 36.9. The molecule has 1 aliphatic rings. The molecular weight excluding hydrogens is 482 g/mol. The van der Waals surface area contributed by atoms with E-state index in [1.54, 1.807) is 16.8 Å². The van der Waals surface area contributed by atoms with Crippen molar-refractivity contribution in [2.45, 2.75) is 52.4 Å². The van der Waals surface area contributed by atoms with E-state index in [1.807, 2.05) is 26.0 Å². The van der Waals surface area contributed by atoms with E-state index in [0.29, 0.717) is 34.9 Å². The van der Waals surface area contributed by atoms with E-state index in [-0.39, 0.29) is 23.7 Å². The van der Waals surface area contributed by atoms with Crippen molar-refractivity contribution in [3.63, 3.8) is 0 Å². The zero-order valence-corrected chi connectivity index (χ0v) is 22.1. The third kappa shape index (κ3) is 4.84. The Morgan fingerprint density at radius 1 is 1.11 bits per heavy atom. The van der Waals surface area contributed by atoms with Crippen LogP contribution < -0.4 is 26.7 Å². The van der Waals surface area contributed by atoms with Crippen LogP contribution in [0, 0.1) is 0 Å². The molecule has 198 valence electrons. The summed E-state index contributed by atoms with van der Waals surface area (Å²) in [5.74, 6) is 0.747. The van der Waals surface area contributed by atoms with Crippen molar-refractivity contribution in [2.75, 3.05) is 23.3 Å². The van der Waals surface area contributed by atoms with Gasteiger partial charge in [0.1, 0.15) is 5.39 Å². The monoisotopic (exact) mass is 515 g/mol. The lowest BCUT2D eigenvalue weighted by Crippen LogP contribution is -2.54. The molecule has 0 bridgehead atoms. The molecule has 0 amide bonds. The molecule has 4 aromatic rings. The molecule has 0 spiro atoms. The molecule has 38 heavy (non-hydrogen) atoms. The van der Waals surface area contributed by atoms with Crippen LogP contribution in [0.25, 0.3) is 16.9 Å². The highest BCUT2D eigenvalue weighted by atomic mass is 16.1. The third-order valence-corrected chi connectivity index (χ3v) is 6.54. The number of nitrogens with zero attached hydrogens (tertiary/aromatic N) is 7. The Hall–Kier alpha value is -4.25. The quantitative estimate of drug-likeness (QED) is 0.361. The second kappa shape index (κ2) is 10.3. The maximum atomic E-state index is 13.2. The van der Waals surface area contributed by atoms with Crippen molar-refractivity contribution >= 4 is 28.4 Å². The van der Waals surface area contributed by atoms with Gasteiger partial charge in [0.2, 0.25) is 5.95 Å². The van der Waals surface area contributed by atoms with Gasteiger partial charge in [-0.15, -0.1) is 11.7 Å². The van der Waals surface area contributed by atoms with E-state index in [9.17, 15) is 9.59 Å². The van der Waals surface area contributed by atoms with Gasteiger partial charge in [-0.05, 0) is 58.0 Å². The maximum Gasteiger partial charge on any atom is 0.278 e. The van der Waals surface area contributed by atoms with E-state index >= 15 is 0 Å². The van der Waals surface area contributed by atoms with Gasteiger partial charge in [-0.25, -0.2) is 19.0 Å². The summed E-state index contributed by atoms with van der Waals surface area (Å²) in [6.07, 6.45) is 3.14. The molecule has 3 aromatic heterocycles. The van der Waals surface area contributed by atoms with E-state index < -0.39 is 0 Å². The van der Waals surface area contributed by atoms with Gasteiger partial charge in [-0.3, -0.25) is 9.59 Å². The van der Waals surface area contributed by atoms with Crippen molar-refractivity contribution < 1.29 is 0 Å². The molecule has 1 fully saturated rings. The third-order valence-electron chi connectivity index (χ3n) is 6.54. The van der Waals surface area contributed by atoms with Crippen LogP contribution in [0.5, 0.6) is 0 Å². The van der Waals surface area contributed by atoms with Crippen molar-refractivity contribution in [2.24, 2.45) is 0 Å². The van der Waals surface area contributed by atoms with Crippen LogP contribution in [0.1, 0.15) is 33.7 Å². The number of piperazine rings is 1. The molecule has 11 nitrogen and oxygen atoms in total. The summed E-state index contributed by atoms with van der Waals surface area (Å²) in [5.41, 5.74) is 1.89. The van der Waals surface area contributed by atoms with Crippen LogP contribution in [0.3, 0.4) is 0 Å². The van der Waals surface area contributed by atoms with Crippen molar-refractivity contribution in [3.05, 3.63) is 76.0 Å². The summed E-state index contributed by atoms with van der Waals surface area (Å²) in [6, 6.07) is 11.9. The standard InChI is InChI=1S/C27H33N9O2/c1-6-13-34-26(38)22-14-28-27(31-25(22)36(34)23-11-12-24(37)35(32-23)17(2)3)30-20-7-9-21(10-8-20)33-15-18(4)29-19(5)16-33/h6-12,14,17-19,29H,1,13,15-16H2,2-5H3,(H,28,30,31). The summed E-state index contributed by atoms with van der Waals surface area (Å²) in [6.45, 7) is 14.1. The summed E-state index contributed by atoms with van der Waals surface area (Å²) in [5, 5.41) is 11.7. The number of nitrogens with one attached hydrogen (secondary N) is 2. The van der Waals surface area contributed by atoms with Crippen molar-refractivity contribution in [1.82, 2.24) is 34.4 Å². The molecule has 1 aliphatic heterocycles. The highest BCUT2D eigenvalue weighted by Gasteiger charge is 2.21. The fraction of sp³-hybridized carbons (Fsp3) is 0.370. The van der Waals surface area contributed by atoms with E-state index in [1.165, 1.54) is 21.6 Å². The first-order chi connectivity index (χ1) is 18.2. The molecule has 1 aromatic carbocycles. The van der Waals surface area contributed by atoms with Crippen LogP contribution in [-0.2, 0) is 6.54 Å². The highest BCUT2D eigenvalue weighted by Crippen LogP contribution is 2.23. The van der Waals surface area contributed by atoms with Gasteiger partial charge in [0.25, 0.3) is 11.1 Å². The summed E-state index contributed by atoms with van der Waals surface area (Å²) < 4.78 is 4.48. The SMILES string of the molecule is C=CCn1c(=O)c2cnc(Nc3ccc(N4CC(C)NC(C)C4)cc3)nc2n1-c1ccc(=O)n(C(C)C)n1. The Balaban J connectivity index is 1.50. The molecule has 0 saturated carbocycles. The van der Waals surface area contributed by atoms with Gasteiger partial charge in [0.15, 0.2) is 11.5 Å². The molecule has 4 heterocycles. The molecule has 5 rings (SSSR count). The second-order valence-electron chi connectivity index (χ2n) is 10.0. The number of aromatic nitrogens is 6. The van der Waals surface area contributed by atoms with Gasteiger partial charge < -0.3 is 15.5 Å². The normalized spacial score (nSPS) is 17.8. The van der Waals surface area contributed by atoms with Gasteiger partial charge in [0.05, 0.1) is 12.6 Å². The number of hydrogen-bond donors (Lipinski definition) is 2. The first-order valence-electron chi connectivity index (χ1n) is 12.8. The van der Waals surface area contributed by atoms with Gasteiger partial charge in [0, 0.05) is 48.8 Å². The Bertz CT molecular complexity index is 1570. The number of allylic oxidation sites excluding steroid dienone is 1. The first kappa shape index (κ1) is 25.4. The van der Waals surface area contributed by atoms with Gasteiger partial charge >= 0.3 is 0 Å². The highest BCUT2D eigenvalue weighted by molar-refractivity contribution is 5.77. The topological polar surface area (TPSA) is 115 Å². The Morgan fingerprint density at radius 3 is 2.47 bits per heavy atom. The van der Waals surface area contributed by atoms with Crippen LogP contribution in [0.4, 0.5) is 17.3 Å². The van der Waals surface area contributed by atoms with E-state index in [0.717, 1.165) is 24.5 Å². The lowest BCUT2D eigenvalue weighted by Gasteiger charge is -2.37. The van der Waals surface area contributed by atoms with Crippen LogP contribution in [-0.4, -0.2) is 54.3 Å². The second-order valence-corrected chi connectivity index (χ2v) is 10.0. The number of anilines is 3. The van der Waals surface area contributed by atoms with Crippen molar-refractivity contribution in [1.29, 1.82) is 0 Å². The Kier molecular flexibility index (Phi) is 6.85. The smallest absolute Gasteiger partial charge is 0.278 e. The molecular formula is C27H33N9O2. The number of hydrogen-bond acceptors (Lipinski definition) is 8. The van der Waals surface area contributed by atoms with Crippen LogP contribution >= 0.6 is 0 Å². The number of rotatable bonds is 7. The minimum absolute atomic E-state index is 0.147. The van der Waals surface area contributed by atoms with Gasteiger partial charge in [-0.1, -0.05) is 6.08 Å². The Labute approximate surface area is 220 Å². The van der Waals surface area contributed by atoms with Crippen molar-refractivity contribution in [3.8, 4) is 5.82 Å². The van der Waals surface area contributed by atoms with E-state index in [4.69, 9.17) is 0 Å².